The number of hydrogen-bond donors (Lipinski definition) is 4. The Morgan fingerprint density at radius 2 is 0.875 bits per heavy atom. The van der Waals surface area contributed by atoms with Crippen LogP contribution in [0.25, 0.3) is 0 Å². The summed E-state index contributed by atoms with van der Waals surface area (Å²) in [6.07, 6.45) is -0.181. The van der Waals surface area contributed by atoms with Gasteiger partial charge in [0, 0.05) is 0 Å². The third-order valence-corrected chi connectivity index (χ3v) is 6.77. The largest absolute Gasteiger partial charge is 0.332 e. The van der Waals surface area contributed by atoms with E-state index >= 15 is 0 Å². The van der Waals surface area contributed by atoms with Crippen molar-refractivity contribution >= 4 is 12.1 Å². The van der Waals surface area contributed by atoms with Gasteiger partial charge in [-0.1, -0.05) is 0 Å². The van der Waals surface area contributed by atoms with E-state index in [-0.39, 0.29) is 24.4 Å². The second-order valence-corrected chi connectivity index (χ2v) is 8.26. The predicted octanol–water partition coefficient (Wildman–Crippen LogP) is -7.55. The molecule has 4 bridgehead atoms. The molecule has 4 N–H and O–H groups in total. The average molecular weight is 338 g/mol. The molecule has 0 aromatic carbocycles. The Hall–Kier alpha value is -1.62. The Balaban J connectivity index is 1.44. The molecule has 6 heterocycles. The van der Waals surface area contributed by atoms with Crippen LogP contribution in [-0.4, -0.2) is 110 Å². The third-order valence-electron chi connectivity index (χ3n) is 6.77. The van der Waals surface area contributed by atoms with Crippen molar-refractivity contribution in [1.82, 2.24) is 19.6 Å². The van der Waals surface area contributed by atoms with Crippen LogP contribution in [0.5, 0.6) is 0 Å². The third kappa shape index (κ3) is 1.64. The van der Waals surface area contributed by atoms with Crippen LogP contribution in [0, 0.1) is 0 Å². The molecular formula is C14H26N8O2+4. The zero-order valence-corrected chi connectivity index (χ0v) is 13.8. The van der Waals surface area contributed by atoms with Gasteiger partial charge in [0.25, 0.3) is 0 Å². The van der Waals surface area contributed by atoms with E-state index in [1.807, 2.05) is 19.6 Å². The topological polar surface area (TPSA) is 64.9 Å². The summed E-state index contributed by atoms with van der Waals surface area (Å²) in [6, 6.07) is 0.274. The zero-order chi connectivity index (χ0) is 16.0. The molecule has 6 aliphatic rings. The molecule has 0 spiro atoms. The van der Waals surface area contributed by atoms with Crippen LogP contribution in [-0.2, 0) is 0 Å². The van der Waals surface area contributed by atoms with Gasteiger partial charge >= 0.3 is 12.1 Å². The smallest absolute Gasteiger partial charge is 0.267 e. The molecule has 6 saturated heterocycles. The lowest BCUT2D eigenvalue weighted by Gasteiger charge is -2.33. The van der Waals surface area contributed by atoms with Gasteiger partial charge in [0.15, 0.2) is 39.0 Å². The predicted molar refractivity (Wildman–Crippen MR) is 78.2 cm³/mol. The van der Waals surface area contributed by atoms with Crippen molar-refractivity contribution in [2.75, 3.05) is 66.2 Å². The summed E-state index contributed by atoms with van der Waals surface area (Å²) >= 11 is 0. The SMILES string of the molecule is O=C1N2C[NH+]3CC[NH+](CN4C(=O)N5C[NH+]6CC[NH+](CN1C5C24)C6)C3. The Kier molecular flexibility index (Phi) is 2.56. The lowest BCUT2D eigenvalue weighted by Crippen LogP contribution is -3.25. The highest BCUT2D eigenvalue weighted by atomic mass is 16.2. The van der Waals surface area contributed by atoms with E-state index in [1.54, 1.807) is 0 Å². The van der Waals surface area contributed by atoms with E-state index in [4.69, 9.17) is 0 Å². The Morgan fingerprint density at radius 3 is 1.17 bits per heavy atom. The standard InChI is InChI=1S/C14H22N8O2/c23-13-19-7-15-1-2-16(5-15)8-20-11(19)12-21(13)9-17-3-4-18(6-17)10-22(12)14(20)24/h11-12H,1-10H2/p+4. The first-order valence-electron chi connectivity index (χ1n) is 9.18. The Labute approximate surface area is 140 Å². The van der Waals surface area contributed by atoms with Gasteiger partial charge in [0.05, 0.1) is 0 Å². The van der Waals surface area contributed by atoms with Gasteiger partial charge in [0.1, 0.15) is 26.2 Å². The van der Waals surface area contributed by atoms with Gasteiger partial charge in [-0.2, -0.15) is 0 Å². The van der Waals surface area contributed by atoms with E-state index in [0.717, 1.165) is 66.2 Å². The second-order valence-electron chi connectivity index (χ2n) is 8.26. The van der Waals surface area contributed by atoms with Crippen molar-refractivity contribution in [3.05, 3.63) is 0 Å². The molecule has 6 rings (SSSR count). The molecule has 0 radical (unpaired) electrons. The molecule has 0 aromatic heterocycles. The van der Waals surface area contributed by atoms with Crippen LogP contribution < -0.4 is 19.6 Å². The van der Waals surface area contributed by atoms with Crippen LogP contribution >= 0.6 is 0 Å². The summed E-state index contributed by atoms with van der Waals surface area (Å²) in [5.41, 5.74) is 0. The molecule has 4 amide bonds. The minimum atomic E-state index is -0.0906. The van der Waals surface area contributed by atoms with E-state index < -0.39 is 0 Å². The normalized spacial score (nSPS) is 46.2. The summed E-state index contributed by atoms with van der Waals surface area (Å²) in [5.74, 6) is 0. The summed E-state index contributed by atoms with van der Waals surface area (Å²) in [5, 5.41) is 0. The second kappa shape index (κ2) is 4.51. The number of carbonyl (C=O) groups excluding carboxylic acids is 2. The number of fused-ring (bicyclic) bond motifs is 4. The van der Waals surface area contributed by atoms with Crippen LogP contribution in [0.3, 0.4) is 0 Å². The maximum Gasteiger partial charge on any atom is 0.332 e. The van der Waals surface area contributed by atoms with Crippen molar-refractivity contribution < 1.29 is 29.2 Å². The number of quaternary nitrogens is 4. The van der Waals surface area contributed by atoms with Crippen LogP contribution in [0.2, 0.25) is 0 Å². The Bertz CT molecular complexity index is 520. The molecule has 0 saturated carbocycles. The van der Waals surface area contributed by atoms with Gasteiger partial charge < -0.3 is 0 Å². The lowest BCUT2D eigenvalue weighted by atomic mass is 10.3. The van der Waals surface area contributed by atoms with Crippen molar-refractivity contribution in [3.63, 3.8) is 0 Å². The molecule has 10 heteroatoms. The number of nitrogens with one attached hydrogen (secondary N) is 4. The summed E-state index contributed by atoms with van der Waals surface area (Å²) < 4.78 is 0. The highest BCUT2D eigenvalue weighted by Crippen LogP contribution is 2.33. The number of amides is 4. The quantitative estimate of drug-likeness (QED) is 0.355. The first-order valence-corrected chi connectivity index (χ1v) is 9.18. The van der Waals surface area contributed by atoms with Crippen molar-refractivity contribution in [2.45, 2.75) is 12.3 Å². The highest BCUT2D eigenvalue weighted by molar-refractivity contribution is 5.85. The maximum absolute atomic E-state index is 13.2. The van der Waals surface area contributed by atoms with E-state index in [2.05, 4.69) is 0 Å². The van der Waals surface area contributed by atoms with Gasteiger partial charge in [-0.05, 0) is 0 Å². The molecule has 0 aliphatic carbocycles. The number of carbonyl (C=O) groups is 2. The molecule has 10 nitrogen and oxygen atoms in total. The van der Waals surface area contributed by atoms with Crippen molar-refractivity contribution in [2.24, 2.45) is 0 Å². The van der Waals surface area contributed by atoms with E-state index in [0.29, 0.717) is 0 Å². The number of rotatable bonds is 0. The fourth-order valence-corrected chi connectivity index (χ4v) is 5.68. The first kappa shape index (κ1) is 13.6. The van der Waals surface area contributed by atoms with Gasteiger partial charge in [-0.15, -0.1) is 0 Å². The fourth-order valence-electron chi connectivity index (χ4n) is 5.68. The molecule has 4 atom stereocenters. The van der Waals surface area contributed by atoms with E-state index in [9.17, 15) is 9.59 Å². The minimum Gasteiger partial charge on any atom is -0.267 e. The van der Waals surface area contributed by atoms with Crippen LogP contribution in [0.1, 0.15) is 0 Å². The van der Waals surface area contributed by atoms with Crippen LogP contribution in [0.4, 0.5) is 9.59 Å². The van der Waals surface area contributed by atoms with Crippen LogP contribution in [0.15, 0.2) is 0 Å². The molecule has 24 heavy (non-hydrogen) atoms. The highest BCUT2D eigenvalue weighted by Gasteiger charge is 2.64. The maximum atomic E-state index is 13.2. The number of urea groups is 2. The van der Waals surface area contributed by atoms with Crippen molar-refractivity contribution in [3.8, 4) is 0 Å². The molecule has 4 unspecified atom stereocenters. The summed E-state index contributed by atoms with van der Waals surface area (Å²) in [4.78, 5) is 40.2. The minimum absolute atomic E-state index is 0.0906. The monoisotopic (exact) mass is 338 g/mol. The molecule has 6 fully saturated rings. The lowest BCUT2D eigenvalue weighted by molar-refractivity contribution is -1.04. The number of nitrogens with zero attached hydrogens (tertiary/aromatic N) is 4. The molecular weight excluding hydrogens is 312 g/mol. The van der Waals surface area contributed by atoms with Gasteiger partial charge in [-0.25, -0.2) is 9.59 Å². The molecule has 130 valence electrons. The van der Waals surface area contributed by atoms with Gasteiger partial charge in [0.2, 0.25) is 13.3 Å². The first-order chi connectivity index (χ1) is 11.7. The molecule has 6 aliphatic heterocycles. The average Bonchev–Trinajstić information content (AvgIpc) is 3.26. The fraction of sp³-hybridized carbons (Fsp3) is 0.857. The van der Waals surface area contributed by atoms with Gasteiger partial charge in [-0.3, -0.25) is 39.2 Å². The summed E-state index contributed by atoms with van der Waals surface area (Å²) in [7, 11) is 0. The number of hydrogen-bond acceptors (Lipinski definition) is 2. The van der Waals surface area contributed by atoms with E-state index in [1.165, 1.54) is 19.6 Å². The molecule has 0 aromatic rings. The summed E-state index contributed by atoms with van der Waals surface area (Å²) in [6.45, 7) is 9.36. The zero-order valence-electron chi connectivity index (χ0n) is 13.8. The Morgan fingerprint density at radius 1 is 0.583 bits per heavy atom. The van der Waals surface area contributed by atoms with Crippen molar-refractivity contribution in [1.29, 1.82) is 0 Å².